The molecule has 0 aliphatic rings. The number of aromatic nitrogens is 3. The number of nitrogens with one attached hydrogen (secondary N) is 1. The van der Waals surface area contributed by atoms with Crippen molar-refractivity contribution in [3.8, 4) is 5.69 Å². The monoisotopic (exact) mass is 350 g/mol. The van der Waals surface area contributed by atoms with Crippen LogP contribution in [0.5, 0.6) is 0 Å². The Kier molecular flexibility index (Phi) is 6.00. The first-order valence-electron chi connectivity index (χ1n) is 7.26. The maximum atomic E-state index is 14.1. The van der Waals surface area contributed by atoms with Gasteiger partial charge in [0.1, 0.15) is 30.0 Å². The van der Waals surface area contributed by atoms with Gasteiger partial charge in [0.05, 0.1) is 0 Å². The van der Waals surface area contributed by atoms with Crippen LogP contribution >= 0.6 is 12.4 Å². The highest BCUT2D eigenvalue weighted by Crippen LogP contribution is 2.17. The SMILES string of the molecule is CC(NCc1ccc(-n2cncn2)c(F)c1)c1cccc(F)c1.Cl. The average Bonchev–Trinajstić information content (AvgIpc) is 3.07. The smallest absolute Gasteiger partial charge is 0.149 e. The molecule has 0 bridgehead atoms. The van der Waals surface area contributed by atoms with Gasteiger partial charge in [-0.25, -0.2) is 18.4 Å². The van der Waals surface area contributed by atoms with Gasteiger partial charge in [0.15, 0.2) is 0 Å². The van der Waals surface area contributed by atoms with Crippen LogP contribution in [-0.2, 0) is 6.54 Å². The Balaban J connectivity index is 0.00000208. The van der Waals surface area contributed by atoms with E-state index in [0.29, 0.717) is 12.2 Å². The zero-order chi connectivity index (χ0) is 16.2. The van der Waals surface area contributed by atoms with Gasteiger partial charge in [-0.3, -0.25) is 0 Å². The molecule has 0 radical (unpaired) electrons. The van der Waals surface area contributed by atoms with Crippen LogP contribution in [0, 0.1) is 11.6 Å². The number of rotatable bonds is 5. The summed E-state index contributed by atoms with van der Waals surface area (Å²) in [7, 11) is 0. The summed E-state index contributed by atoms with van der Waals surface area (Å²) < 4.78 is 28.8. The van der Waals surface area contributed by atoms with Gasteiger partial charge >= 0.3 is 0 Å². The Hall–Kier alpha value is -2.31. The topological polar surface area (TPSA) is 42.7 Å². The molecule has 0 spiro atoms. The number of hydrogen-bond acceptors (Lipinski definition) is 3. The van der Waals surface area contributed by atoms with E-state index in [-0.39, 0.29) is 30.1 Å². The van der Waals surface area contributed by atoms with Crippen LogP contribution < -0.4 is 5.32 Å². The molecule has 0 aliphatic heterocycles. The fraction of sp³-hybridized carbons (Fsp3) is 0.176. The van der Waals surface area contributed by atoms with Gasteiger partial charge in [-0.05, 0) is 42.3 Å². The van der Waals surface area contributed by atoms with E-state index in [9.17, 15) is 8.78 Å². The van der Waals surface area contributed by atoms with E-state index in [2.05, 4.69) is 15.4 Å². The van der Waals surface area contributed by atoms with Crippen LogP contribution in [0.4, 0.5) is 8.78 Å². The van der Waals surface area contributed by atoms with Gasteiger partial charge < -0.3 is 5.32 Å². The summed E-state index contributed by atoms with van der Waals surface area (Å²) in [6, 6.07) is 11.3. The van der Waals surface area contributed by atoms with E-state index >= 15 is 0 Å². The van der Waals surface area contributed by atoms with Crippen LogP contribution in [-0.4, -0.2) is 14.8 Å². The highest BCUT2D eigenvalue weighted by atomic mass is 35.5. The van der Waals surface area contributed by atoms with Crippen molar-refractivity contribution in [2.75, 3.05) is 0 Å². The standard InChI is InChI=1S/C17H16F2N4.ClH/c1-12(14-3-2-4-15(18)8-14)21-9-13-5-6-17(16(19)7-13)23-11-20-10-22-23;/h2-8,10-12,21H,9H2,1H3;1H. The van der Waals surface area contributed by atoms with Crippen molar-refractivity contribution in [3.63, 3.8) is 0 Å². The van der Waals surface area contributed by atoms with Crippen molar-refractivity contribution in [3.05, 3.63) is 77.9 Å². The second-order valence-electron chi connectivity index (χ2n) is 5.28. The van der Waals surface area contributed by atoms with Gasteiger partial charge in [-0.15, -0.1) is 12.4 Å². The van der Waals surface area contributed by atoms with E-state index in [1.807, 2.05) is 19.1 Å². The molecule has 1 aromatic heterocycles. The molecule has 24 heavy (non-hydrogen) atoms. The van der Waals surface area contributed by atoms with Gasteiger partial charge in [-0.1, -0.05) is 18.2 Å². The molecular formula is C17H17ClF2N4. The lowest BCUT2D eigenvalue weighted by Gasteiger charge is -2.15. The molecule has 0 fully saturated rings. The van der Waals surface area contributed by atoms with Crippen LogP contribution in [0.15, 0.2) is 55.1 Å². The summed E-state index contributed by atoms with van der Waals surface area (Å²) in [5.41, 5.74) is 2.00. The van der Waals surface area contributed by atoms with E-state index in [1.54, 1.807) is 12.1 Å². The highest BCUT2D eigenvalue weighted by molar-refractivity contribution is 5.85. The number of benzene rings is 2. The Morgan fingerprint density at radius 3 is 2.67 bits per heavy atom. The number of hydrogen-bond donors (Lipinski definition) is 1. The number of nitrogens with zero attached hydrogens (tertiary/aromatic N) is 3. The molecule has 0 aliphatic carbocycles. The van der Waals surface area contributed by atoms with Crippen molar-refractivity contribution >= 4 is 12.4 Å². The van der Waals surface area contributed by atoms with Crippen LogP contribution in [0.1, 0.15) is 24.1 Å². The maximum Gasteiger partial charge on any atom is 0.149 e. The van der Waals surface area contributed by atoms with E-state index in [4.69, 9.17) is 0 Å². The Morgan fingerprint density at radius 2 is 2.00 bits per heavy atom. The Morgan fingerprint density at radius 1 is 1.17 bits per heavy atom. The van der Waals surface area contributed by atoms with Crippen molar-refractivity contribution < 1.29 is 8.78 Å². The first-order valence-corrected chi connectivity index (χ1v) is 7.26. The Labute approximate surface area is 145 Å². The molecule has 0 saturated carbocycles. The molecular weight excluding hydrogens is 334 g/mol. The van der Waals surface area contributed by atoms with E-state index in [1.165, 1.54) is 35.5 Å². The van der Waals surface area contributed by atoms with Crippen molar-refractivity contribution in [2.24, 2.45) is 0 Å². The predicted octanol–water partition coefficient (Wildman–Crippen LogP) is 3.82. The average molecular weight is 351 g/mol. The molecule has 3 rings (SSSR count). The molecule has 1 atom stereocenters. The first kappa shape index (κ1) is 18.0. The quantitative estimate of drug-likeness (QED) is 0.760. The Bertz CT molecular complexity index is 793. The predicted molar refractivity (Wildman–Crippen MR) is 90.2 cm³/mol. The van der Waals surface area contributed by atoms with Gasteiger partial charge in [0, 0.05) is 12.6 Å². The second-order valence-corrected chi connectivity index (χ2v) is 5.28. The molecule has 126 valence electrons. The summed E-state index contributed by atoms with van der Waals surface area (Å²) in [6.45, 7) is 2.42. The zero-order valence-electron chi connectivity index (χ0n) is 13.0. The van der Waals surface area contributed by atoms with E-state index < -0.39 is 0 Å². The lowest BCUT2D eigenvalue weighted by molar-refractivity contribution is 0.560. The third kappa shape index (κ3) is 4.15. The molecule has 1 unspecified atom stereocenters. The largest absolute Gasteiger partial charge is 0.306 e. The summed E-state index contributed by atoms with van der Waals surface area (Å²) in [4.78, 5) is 3.80. The normalized spacial score (nSPS) is 11.8. The summed E-state index contributed by atoms with van der Waals surface area (Å²) >= 11 is 0. The molecule has 2 aromatic carbocycles. The van der Waals surface area contributed by atoms with Crippen LogP contribution in [0.25, 0.3) is 5.69 Å². The maximum absolute atomic E-state index is 14.1. The molecule has 1 N–H and O–H groups in total. The molecule has 4 nitrogen and oxygen atoms in total. The number of halogens is 3. The van der Waals surface area contributed by atoms with Gasteiger partial charge in [-0.2, -0.15) is 5.10 Å². The van der Waals surface area contributed by atoms with Gasteiger partial charge in [0.25, 0.3) is 0 Å². The summed E-state index contributed by atoms with van der Waals surface area (Å²) in [6.07, 6.45) is 2.80. The highest BCUT2D eigenvalue weighted by Gasteiger charge is 2.09. The fourth-order valence-corrected chi connectivity index (χ4v) is 2.34. The molecule has 0 amide bonds. The van der Waals surface area contributed by atoms with Crippen molar-refractivity contribution in [1.82, 2.24) is 20.1 Å². The third-order valence-electron chi connectivity index (χ3n) is 3.64. The minimum atomic E-state index is -0.367. The van der Waals surface area contributed by atoms with E-state index in [0.717, 1.165) is 11.1 Å². The first-order chi connectivity index (χ1) is 11.1. The molecule has 1 heterocycles. The lowest BCUT2D eigenvalue weighted by atomic mass is 10.1. The van der Waals surface area contributed by atoms with Gasteiger partial charge in [0.2, 0.25) is 0 Å². The molecule has 3 aromatic rings. The fourth-order valence-electron chi connectivity index (χ4n) is 2.34. The van der Waals surface area contributed by atoms with Crippen molar-refractivity contribution in [1.29, 1.82) is 0 Å². The lowest BCUT2D eigenvalue weighted by Crippen LogP contribution is -2.18. The minimum Gasteiger partial charge on any atom is -0.306 e. The summed E-state index contributed by atoms with van der Waals surface area (Å²) in [5.74, 6) is -0.632. The zero-order valence-corrected chi connectivity index (χ0v) is 13.8. The molecule has 0 saturated heterocycles. The second kappa shape index (κ2) is 7.99. The van der Waals surface area contributed by atoms with Crippen LogP contribution in [0.3, 0.4) is 0 Å². The van der Waals surface area contributed by atoms with Crippen molar-refractivity contribution in [2.45, 2.75) is 19.5 Å². The molecule has 7 heteroatoms. The van der Waals surface area contributed by atoms with Crippen LogP contribution in [0.2, 0.25) is 0 Å². The third-order valence-corrected chi connectivity index (χ3v) is 3.64. The summed E-state index contributed by atoms with van der Waals surface area (Å²) in [5, 5.41) is 7.17. The minimum absolute atomic E-state index is 0.